The summed E-state index contributed by atoms with van der Waals surface area (Å²) in [7, 11) is 0. The minimum absolute atomic E-state index is 0.101. The summed E-state index contributed by atoms with van der Waals surface area (Å²) in [5.74, 6) is -0.259. The average molecular weight is 444 g/mol. The molecule has 3 aromatic rings. The number of rotatable bonds is 2. The SMILES string of the molecule is Cc1cc(C(F)(F)F)n2nc(C3CCCN(C(=O)C4OCCc5ccccc54)C3)cc2n1. The van der Waals surface area contributed by atoms with Crippen LogP contribution < -0.4 is 0 Å². The van der Waals surface area contributed by atoms with Gasteiger partial charge in [0, 0.05) is 30.8 Å². The van der Waals surface area contributed by atoms with E-state index < -0.39 is 18.0 Å². The minimum Gasteiger partial charge on any atom is -0.363 e. The highest BCUT2D eigenvalue weighted by Crippen LogP contribution is 2.34. The molecule has 0 spiro atoms. The van der Waals surface area contributed by atoms with Gasteiger partial charge in [0.25, 0.3) is 5.91 Å². The van der Waals surface area contributed by atoms with E-state index in [4.69, 9.17) is 4.74 Å². The van der Waals surface area contributed by atoms with Gasteiger partial charge in [0.1, 0.15) is 5.69 Å². The van der Waals surface area contributed by atoms with Crippen LogP contribution in [-0.4, -0.2) is 45.1 Å². The van der Waals surface area contributed by atoms with Gasteiger partial charge >= 0.3 is 6.18 Å². The Kier molecular flexibility index (Phi) is 5.16. The van der Waals surface area contributed by atoms with Gasteiger partial charge in [0.15, 0.2) is 11.8 Å². The first-order chi connectivity index (χ1) is 15.3. The highest BCUT2D eigenvalue weighted by Gasteiger charge is 2.37. The Balaban J connectivity index is 1.41. The lowest BCUT2D eigenvalue weighted by molar-refractivity contribution is -0.146. The number of alkyl halides is 3. The number of benzene rings is 1. The average Bonchev–Trinajstić information content (AvgIpc) is 3.21. The van der Waals surface area contributed by atoms with E-state index in [0.29, 0.717) is 25.4 Å². The lowest BCUT2D eigenvalue weighted by Crippen LogP contribution is -2.43. The molecule has 0 aliphatic carbocycles. The minimum atomic E-state index is -4.53. The number of carbonyl (C=O) groups excluding carboxylic acids is 1. The standard InChI is InChI=1S/C23H23F3N4O2/c1-14-11-19(23(24,25)26)30-20(27-14)12-18(28-30)16-6-4-9-29(13-16)22(31)21-17-7-3-2-5-15(17)8-10-32-21/h2-3,5,7,11-12,16,21H,4,6,8-10,13H2,1H3. The molecule has 2 aliphatic heterocycles. The number of aryl methyl sites for hydroxylation is 1. The zero-order valence-corrected chi connectivity index (χ0v) is 17.6. The van der Waals surface area contributed by atoms with E-state index >= 15 is 0 Å². The summed E-state index contributed by atoms with van der Waals surface area (Å²) in [5, 5.41) is 4.25. The zero-order valence-electron chi connectivity index (χ0n) is 17.6. The summed E-state index contributed by atoms with van der Waals surface area (Å²) in [5.41, 5.74) is 2.14. The fourth-order valence-corrected chi connectivity index (χ4v) is 4.70. The highest BCUT2D eigenvalue weighted by molar-refractivity contribution is 5.83. The number of carbonyl (C=O) groups is 1. The second-order valence-corrected chi connectivity index (χ2v) is 8.44. The highest BCUT2D eigenvalue weighted by atomic mass is 19.4. The van der Waals surface area contributed by atoms with Crippen molar-refractivity contribution in [1.82, 2.24) is 19.5 Å². The number of likely N-dealkylation sites (tertiary alicyclic amines) is 1. The zero-order chi connectivity index (χ0) is 22.5. The van der Waals surface area contributed by atoms with Crippen LogP contribution in [0.5, 0.6) is 0 Å². The van der Waals surface area contributed by atoms with Crippen LogP contribution in [0.1, 0.15) is 53.1 Å². The van der Waals surface area contributed by atoms with Gasteiger partial charge in [-0.25, -0.2) is 9.50 Å². The first-order valence-corrected chi connectivity index (χ1v) is 10.7. The van der Waals surface area contributed by atoms with E-state index in [0.717, 1.165) is 41.0 Å². The Bertz CT molecular complexity index is 1170. The predicted molar refractivity (Wildman–Crippen MR) is 110 cm³/mol. The van der Waals surface area contributed by atoms with Crippen LogP contribution in [0.4, 0.5) is 13.2 Å². The van der Waals surface area contributed by atoms with E-state index in [1.807, 2.05) is 24.3 Å². The predicted octanol–water partition coefficient (Wildman–Crippen LogP) is 4.08. The second-order valence-electron chi connectivity index (χ2n) is 8.44. The summed E-state index contributed by atoms with van der Waals surface area (Å²) in [6.07, 6.45) is -2.90. The number of piperidine rings is 1. The molecule has 1 saturated heterocycles. The molecule has 168 valence electrons. The van der Waals surface area contributed by atoms with Gasteiger partial charge in [0.2, 0.25) is 0 Å². The number of amides is 1. The molecule has 0 bridgehead atoms. The van der Waals surface area contributed by atoms with Crippen molar-refractivity contribution in [2.24, 2.45) is 0 Å². The lowest BCUT2D eigenvalue weighted by Gasteiger charge is -2.35. The number of hydrogen-bond acceptors (Lipinski definition) is 4. The molecule has 6 nitrogen and oxygen atoms in total. The molecule has 2 unspecified atom stereocenters. The summed E-state index contributed by atoms with van der Waals surface area (Å²) in [4.78, 5) is 19.3. The largest absolute Gasteiger partial charge is 0.433 e. The molecule has 0 N–H and O–H groups in total. The fraction of sp³-hybridized carbons (Fsp3) is 0.435. The van der Waals surface area contributed by atoms with E-state index in [1.54, 1.807) is 11.0 Å². The number of aromatic nitrogens is 3. The molecular formula is C23H23F3N4O2. The molecule has 32 heavy (non-hydrogen) atoms. The number of hydrogen-bond donors (Lipinski definition) is 0. The monoisotopic (exact) mass is 444 g/mol. The Morgan fingerprint density at radius 1 is 1.22 bits per heavy atom. The molecule has 2 aliphatic rings. The van der Waals surface area contributed by atoms with Crippen molar-refractivity contribution in [2.45, 2.75) is 44.4 Å². The van der Waals surface area contributed by atoms with Crippen LogP contribution in [0.25, 0.3) is 5.65 Å². The van der Waals surface area contributed by atoms with Crippen LogP contribution in [0, 0.1) is 6.92 Å². The van der Waals surface area contributed by atoms with Gasteiger partial charge in [0.05, 0.1) is 12.3 Å². The van der Waals surface area contributed by atoms with E-state index in [-0.39, 0.29) is 23.2 Å². The van der Waals surface area contributed by atoms with Gasteiger partial charge in [-0.2, -0.15) is 18.3 Å². The van der Waals surface area contributed by atoms with Crippen LogP contribution in [0.2, 0.25) is 0 Å². The van der Waals surface area contributed by atoms with Crippen molar-refractivity contribution in [3.63, 3.8) is 0 Å². The van der Waals surface area contributed by atoms with Crippen molar-refractivity contribution < 1.29 is 22.7 Å². The third-order valence-electron chi connectivity index (χ3n) is 6.23. The number of nitrogens with zero attached hydrogens (tertiary/aromatic N) is 4. The summed E-state index contributed by atoms with van der Waals surface area (Å²) >= 11 is 0. The van der Waals surface area contributed by atoms with Crippen molar-refractivity contribution in [1.29, 1.82) is 0 Å². The maximum absolute atomic E-state index is 13.5. The van der Waals surface area contributed by atoms with E-state index in [1.165, 1.54) is 6.92 Å². The Labute approximate surface area is 183 Å². The van der Waals surface area contributed by atoms with Crippen molar-refractivity contribution >= 4 is 11.6 Å². The quantitative estimate of drug-likeness (QED) is 0.598. The Morgan fingerprint density at radius 2 is 2.03 bits per heavy atom. The summed E-state index contributed by atoms with van der Waals surface area (Å²) in [6.45, 7) is 3.01. The first kappa shape index (κ1) is 20.9. The molecule has 5 rings (SSSR count). The smallest absolute Gasteiger partial charge is 0.363 e. The third-order valence-corrected chi connectivity index (χ3v) is 6.23. The molecule has 2 atom stereocenters. The number of halogens is 3. The first-order valence-electron chi connectivity index (χ1n) is 10.7. The van der Waals surface area contributed by atoms with Crippen LogP contribution in [0.15, 0.2) is 36.4 Å². The van der Waals surface area contributed by atoms with Crippen molar-refractivity contribution in [3.05, 3.63) is 64.6 Å². The molecule has 1 amide bonds. The van der Waals surface area contributed by atoms with Gasteiger partial charge < -0.3 is 9.64 Å². The second kappa shape index (κ2) is 7.88. The Morgan fingerprint density at radius 3 is 2.84 bits per heavy atom. The van der Waals surface area contributed by atoms with Gasteiger partial charge in [-0.15, -0.1) is 0 Å². The van der Waals surface area contributed by atoms with Crippen molar-refractivity contribution in [2.75, 3.05) is 19.7 Å². The molecule has 0 radical (unpaired) electrons. The Hall–Kier alpha value is -2.94. The molecule has 1 aromatic carbocycles. The van der Waals surface area contributed by atoms with E-state index in [9.17, 15) is 18.0 Å². The molecular weight excluding hydrogens is 421 g/mol. The molecule has 1 fully saturated rings. The summed E-state index contributed by atoms with van der Waals surface area (Å²) < 4.78 is 47.2. The normalized spacial score (nSPS) is 21.6. The number of fused-ring (bicyclic) bond motifs is 2. The maximum Gasteiger partial charge on any atom is 0.433 e. The number of ether oxygens (including phenoxy) is 1. The van der Waals surface area contributed by atoms with Crippen LogP contribution in [-0.2, 0) is 22.1 Å². The van der Waals surface area contributed by atoms with Crippen molar-refractivity contribution in [3.8, 4) is 0 Å². The molecule has 2 aromatic heterocycles. The molecule has 4 heterocycles. The van der Waals surface area contributed by atoms with Crippen LogP contribution >= 0.6 is 0 Å². The fourth-order valence-electron chi connectivity index (χ4n) is 4.70. The van der Waals surface area contributed by atoms with Gasteiger partial charge in [-0.1, -0.05) is 24.3 Å². The lowest BCUT2D eigenvalue weighted by atomic mass is 9.92. The molecule has 0 saturated carbocycles. The topological polar surface area (TPSA) is 59.7 Å². The molecule has 9 heteroatoms. The summed E-state index contributed by atoms with van der Waals surface area (Å²) in [6, 6.07) is 10.4. The van der Waals surface area contributed by atoms with Crippen LogP contribution in [0.3, 0.4) is 0 Å². The van der Waals surface area contributed by atoms with Gasteiger partial charge in [-0.05, 0) is 43.4 Å². The van der Waals surface area contributed by atoms with E-state index in [2.05, 4.69) is 10.1 Å². The maximum atomic E-state index is 13.5. The third kappa shape index (κ3) is 3.74. The van der Waals surface area contributed by atoms with Gasteiger partial charge in [-0.3, -0.25) is 4.79 Å².